The van der Waals surface area contributed by atoms with E-state index in [1.54, 1.807) is 40.4 Å². The lowest BCUT2D eigenvalue weighted by molar-refractivity contribution is 0.0819. The summed E-state index contributed by atoms with van der Waals surface area (Å²) in [6.45, 7) is 1.84. The van der Waals surface area contributed by atoms with Gasteiger partial charge in [-0.05, 0) is 48.9 Å². The van der Waals surface area contributed by atoms with Gasteiger partial charge in [-0.2, -0.15) is 0 Å². The number of rotatable bonds is 6. The second-order valence-corrected chi connectivity index (χ2v) is 8.76. The van der Waals surface area contributed by atoms with Gasteiger partial charge in [0.05, 0.1) is 16.3 Å². The maximum absolute atomic E-state index is 13.0. The number of anilines is 1. The molecule has 0 aliphatic carbocycles. The average molecular weight is 415 g/mol. The van der Waals surface area contributed by atoms with E-state index in [0.717, 1.165) is 45.3 Å². The van der Waals surface area contributed by atoms with Crippen molar-refractivity contribution in [3.8, 4) is 0 Å². The first-order valence-electron chi connectivity index (χ1n) is 9.22. The molecule has 0 radical (unpaired) electrons. The number of aromatic nitrogens is 2. The molecule has 0 spiro atoms. The molecule has 1 unspecified atom stereocenters. The number of hydrogen-bond donors (Lipinski definition) is 1. The van der Waals surface area contributed by atoms with Gasteiger partial charge in [-0.15, -0.1) is 11.3 Å². The summed E-state index contributed by atoms with van der Waals surface area (Å²) in [5.74, 6) is 0. The van der Waals surface area contributed by atoms with E-state index in [9.17, 15) is 4.79 Å². The van der Waals surface area contributed by atoms with Crippen molar-refractivity contribution in [2.45, 2.75) is 29.8 Å². The molecule has 2 amide bonds. The van der Waals surface area contributed by atoms with Gasteiger partial charge < -0.3 is 15.0 Å². The molecule has 0 bridgehead atoms. The monoisotopic (exact) mass is 414 g/mol. The summed E-state index contributed by atoms with van der Waals surface area (Å²) in [4.78, 5) is 23.5. The Morgan fingerprint density at radius 1 is 1.43 bits per heavy atom. The fourth-order valence-corrected chi connectivity index (χ4v) is 4.77. The van der Waals surface area contributed by atoms with Gasteiger partial charge >= 0.3 is 6.03 Å². The lowest BCUT2D eigenvalue weighted by Crippen LogP contribution is -2.39. The molecule has 3 aromatic rings. The number of fused-ring (bicyclic) bond motifs is 1. The van der Waals surface area contributed by atoms with E-state index in [4.69, 9.17) is 4.74 Å². The summed E-state index contributed by atoms with van der Waals surface area (Å²) in [5, 5.41) is 3.04. The Labute approximate surface area is 172 Å². The summed E-state index contributed by atoms with van der Waals surface area (Å²) in [5.41, 5.74) is 2.73. The summed E-state index contributed by atoms with van der Waals surface area (Å²) < 4.78 is 7.84. The van der Waals surface area contributed by atoms with Crippen LogP contribution < -0.4 is 5.32 Å². The van der Waals surface area contributed by atoms with Crippen molar-refractivity contribution in [3.63, 3.8) is 0 Å². The van der Waals surface area contributed by atoms with Gasteiger partial charge in [-0.3, -0.25) is 4.98 Å². The van der Waals surface area contributed by atoms with Crippen molar-refractivity contribution in [2.75, 3.05) is 24.7 Å². The molecule has 4 rings (SSSR count). The number of hydrogen-bond acceptors (Lipinski definition) is 6. The van der Waals surface area contributed by atoms with Gasteiger partial charge in [0.2, 0.25) is 0 Å². The molecule has 1 atom stereocenters. The SMILES string of the molecule is CSc1nc2ccc(NC(=O)N(Cc3cccnc3)CC3CCCO3)cc2s1. The van der Waals surface area contributed by atoms with Crippen LogP contribution in [-0.2, 0) is 11.3 Å². The lowest BCUT2D eigenvalue weighted by Gasteiger charge is -2.25. The van der Waals surface area contributed by atoms with E-state index in [1.165, 1.54) is 0 Å². The first-order chi connectivity index (χ1) is 13.7. The Hall–Kier alpha value is -2.16. The average Bonchev–Trinajstić information content (AvgIpc) is 3.37. The molecule has 2 aromatic heterocycles. The fraction of sp³-hybridized carbons (Fsp3) is 0.350. The van der Waals surface area contributed by atoms with Gasteiger partial charge in [0.15, 0.2) is 4.34 Å². The summed E-state index contributed by atoms with van der Waals surface area (Å²) in [6, 6.07) is 9.58. The molecule has 146 valence electrons. The van der Waals surface area contributed by atoms with Crippen molar-refractivity contribution in [1.82, 2.24) is 14.9 Å². The molecule has 3 heterocycles. The van der Waals surface area contributed by atoms with Crippen molar-refractivity contribution in [2.24, 2.45) is 0 Å². The third-order valence-electron chi connectivity index (χ3n) is 4.63. The van der Waals surface area contributed by atoms with Crippen LogP contribution in [0, 0.1) is 0 Å². The summed E-state index contributed by atoms with van der Waals surface area (Å²) >= 11 is 3.26. The number of nitrogens with zero attached hydrogens (tertiary/aromatic N) is 3. The van der Waals surface area contributed by atoms with Crippen LogP contribution in [0.5, 0.6) is 0 Å². The van der Waals surface area contributed by atoms with Crippen LogP contribution in [0.3, 0.4) is 0 Å². The molecule has 1 aliphatic rings. The molecule has 6 nitrogen and oxygen atoms in total. The maximum atomic E-state index is 13.0. The van der Waals surface area contributed by atoms with Crippen molar-refractivity contribution < 1.29 is 9.53 Å². The molecule has 1 saturated heterocycles. The molecule has 1 N–H and O–H groups in total. The molecule has 1 aromatic carbocycles. The molecule has 1 fully saturated rings. The van der Waals surface area contributed by atoms with E-state index in [2.05, 4.69) is 15.3 Å². The summed E-state index contributed by atoms with van der Waals surface area (Å²) in [6.07, 6.45) is 7.68. The van der Waals surface area contributed by atoms with Crippen LogP contribution in [0.15, 0.2) is 47.1 Å². The zero-order valence-corrected chi connectivity index (χ0v) is 17.3. The second-order valence-electron chi connectivity index (χ2n) is 6.67. The number of carbonyl (C=O) groups excluding carboxylic acids is 1. The zero-order chi connectivity index (χ0) is 19.3. The van der Waals surface area contributed by atoms with Gasteiger partial charge in [0, 0.05) is 37.8 Å². The number of thioether (sulfide) groups is 1. The standard InChI is InChI=1S/C20H22N4O2S2/c1-27-20-23-17-7-6-15(10-18(17)28-20)22-19(25)24(13-16-5-3-9-26-16)12-14-4-2-8-21-11-14/h2,4,6-8,10-11,16H,3,5,9,12-13H2,1H3,(H,22,25). The smallest absolute Gasteiger partial charge is 0.322 e. The number of benzene rings is 1. The highest BCUT2D eigenvalue weighted by Crippen LogP contribution is 2.30. The Balaban J connectivity index is 1.50. The quantitative estimate of drug-likeness (QED) is 0.596. The van der Waals surface area contributed by atoms with E-state index in [1.807, 2.05) is 36.6 Å². The van der Waals surface area contributed by atoms with Crippen LogP contribution in [0.4, 0.5) is 10.5 Å². The zero-order valence-electron chi connectivity index (χ0n) is 15.6. The molecular weight excluding hydrogens is 392 g/mol. The Morgan fingerprint density at radius 2 is 2.36 bits per heavy atom. The Morgan fingerprint density at radius 3 is 3.11 bits per heavy atom. The third kappa shape index (κ3) is 4.63. The van der Waals surface area contributed by atoms with Crippen LogP contribution in [0.25, 0.3) is 10.2 Å². The van der Waals surface area contributed by atoms with Gasteiger partial charge in [0.25, 0.3) is 0 Å². The van der Waals surface area contributed by atoms with E-state index < -0.39 is 0 Å². The van der Waals surface area contributed by atoms with Crippen LogP contribution in [0.2, 0.25) is 0 Å². The highest BCUT2D eigenvalue weighted by Gasteiger charge is 2.23. The van der Waals surface area contributed by atoms with Crippen LogP contribution in [-0.4, -0.2) is 46.4 Å². The lowest BCUT2D eigenvalue weighted by atomic mass is 10.2. The second kappa shape index (κ2) is 8.89. The number of amides is 2. The molecule has 28 heavy (non-hydrogen) atoms. The molecule has 8 heteroatoms. The first-order valence-corrected chi connectivity index (χ1v) is 11.3. The van der Waals surface area contributed by atoms with Gasteiger partial charge in [0.1, 0.15) is 0 Å². The van der Waals surface area contributed by atoms with Crippen molar-refractivity contribution in [3.05, 3.63) is 48.3 Å². The number of pyridine rings is 1. The maximum Gasteiger partial charge on any atom is 0.322 e. The number of ether oxygens (including phenoxy) is 1. The van der Waals surface area contributed by atoms with E-state index >= 15 is 0 Å². The van der Waals surface area contributed by atoms with Crippen molar-refractivity contribution in [1.29, 1.82) is 0 Å². The molecule has 0 saturated carbocycles. The minimum absolute atomic E-state index is 0.0931. The highest BCUT2D eigenvalue weighted by atomic mass is 32.2. The fourth-order valence-electron chi connectivity index (χ4n) is 3.24. The van der Waals surface area contributed by atoms with Crippen molar-refractivity contribution >= 4 is 45.0 Å². The Bertz CT molecular complexity index is 942. The van der Waals surface area contributed by atoms with Crippen LogP contribution >= 0.6 is 23.1 Å². The summed E-state index contributed by atoms with van der Waals surface area (Å²) in [7, 11) is 0. The Kier molecular flexibility index (Phi) is 6.09. The van der Waals surface area contributed by atoms with Gasteiger partial charge in [-0.25, -0.2) is 9.78 Å². The number of thiazole rings is 1. The minimum atomic E-state index is -0.131. The first kappa shape index (κ1) is 19.2. The third-order valence-corrected chi connectivity index (χ3v) is 6.63. The molecular formula is C20H22N4O2S2. The van der Waals surface area contributed by atoms with E-state index in [0.29, 0.717) is 13.1 Å². The number of nitrogens with one attached hydrogen (secondary N) is 1. The highest BCUT2D eigenvalue weighted by molar-refractivity contribution is 8.00. The van der Waals surface area contributed by atoms with Crippen LogP contribution in [0.1, 0.15) is 18.4 Å². The normalized spacial score (nSPS) is 16.4. The number of carbonyl (C=O) groups is 1. The predicted molar refractivity (Wildman–Crippen MR) is 114 cm³/mol. The van der Waals surface area contributed by atoms with Gasteiger partial charge in [-0.1, -0.05) is 17.8 Å². The van der Waals surface area contributed by atoms with E-state index in [-0.39, 0.29) is 12.1 Å². The largest absolute Gasteiger partial charge is 0.376 e. The predicted octanol–water partition coefficient (Wildman–Crippen LogP) is 4.63. The topological polar surface area (TPSA) is 67.4 Å². The minimum Gasteiger partial charge on any atom is -0.376 e. The molecule has 1 aliphatic heterocycles. The number of urea groups is 1.